The van der Waals surface area contributed by atoms with Crippen LogP contribution < -0.4 is 9.62 Å². The van der Waals surface area contributed by atoms with Gasteiger partial charge in [0.15, 0.2) is 0 Å². The van der Waals surface area contributed by atoms with E-state index in [0.29, 0.717) is 12.1 Å². The quantitative estimate of drug-likeness (QED) is 0.893. The first-order valence-electron chi connectivity index (χ1n) is 8.59. The van der Waals surface area contributed by atoms with Gasteiger partial charge in [-0.25, -0.2) is 12.8 Å². The van der Waals surface area contributed by atoms with E-state index in [9.17, 15) is 17.6 Å². The number of nitrogens with zero attached hydrogens (tertiary/aromatic N) is 1. The van der Waals surface area contributed by atoms with Crippen LogP contribution in [-0.2, 0) is 21.2 Å². The number of nitrogens with one attached hydrogen (secondary N) is 1. The van der Waals surface area contributed by atoms with Crippen LogP contribution in [0.15, 0.2) is 47.4 Å². The minimum Gasteiger partial charge on any atom is -0.309 e. The van der Waals surface area contributed by atoms with Crippen molar-refractivity contribution in [3.05, 3.63) is 53.8 Å². The highest BCUT2D eigenvalue weighted by Crippen LogP contribution is 2.39. The van der Waals surface area contributed by atoms with Crippen molar-refractivity contribution < 1.29 is 17.6 Å². The van der Waals surface area contributed by atoms with Crippen LogP contribution in [0.3, 0.4) is 0 Å². The Morgan fingerprint density at radius 2 is 1.85 bits per heavy atom. The van der Waals surface area contributed by atoms with Gasteiger partial charge in [-0.15, -0.1) is 0 Å². The molecule has 2 aromatic rings. The van der Waals surface area contributed by atoms with Gasteiger partial charge in [-0.1, -0.05) is 0 Å². The summed E-state index contributed by atoms with van der Waals surface area (Å²) in [5, 5.41) is 0. The number of halogens is 1. The molecule has 5 nitrogen and oxygen atoms in total. The SMILES string of the molecule is C[C@@H]1Cc2cc(S(=O)(=O)Nc3ccc(F)cc3)ccc2N1C(=O)C1CC1. The molecule has 1 saturated carbocycles. The molecule has 1 aliphatic carbocycles. The average molecular weight is 374 g/mol. The molecule has 0 bridgehead atoms. The number of fused-ring (bicyclic) bond motifs is 1. The number of benzene rings is 2. The van der Waals surface area contributed by atoms with Crippen molar-refractivity contribution in [1.82, 2.24) is 0 Å². The zero-order valence-electron chi connectivity index (χ0n) is 14.3. The molecule has 2 aliphatic rings. The monoisotopic (exact) mass is 374 g/mol. The van der Waals surface area contributed by atoms with Gasteiger partial charge in [0, 0.05) is 23.3 Å². The number of anilines is 2. The maximum Gasteiger partial charge on any atom is 0.261 e. The number of carbonyl (C=O) groups excluding carboxylic acids is 1. The van der Waals surface area contributed by atoms with E-state index in [0.717, 1.165) is 24.1 Å². The zero-order valence-corrected chi connectivity index (χ0v) is 15.1. The highest BCUT2D eigenvalue weighted by atomic mass is 32.2. The summed E-state index contributed by atoms with van der Waals surface area (Å²) in [5.41, 5.74) is 1.95. The molecule has 1 atom stereocenters. The summed E-state index contributed by atoms with van der Waals surface area (Å²) >= 11 is 0. The van der Waals surface area contributed by atoms with E-state index < -0.39 is 15.8 Å². The summed E-state index contributed by atoms with van der Waals surface area (Å²) in [4.78, 5) is 14.4. The molecule has 0 radical (unpaired) electrons. The lowest BCUT2D eigenvalue weighted by atomic mass is 10.1. The van der Waals surface area contributed by atoms with E-state index in [2.05, 4.69) is 4.72 Å². The topological polar surface area (TPSA) is 66.5 Å². The van der Waals surface area contributed by atoms with Crippen molar-refractivity contribution in [2.75, 3.05) is 9.62 Å². The zero-order chi connectivity index (χ0) is 18.5. The van der Waals surface area contributed by atoms with Gasteiger partial charge >= 0.3 is 0 Å². The maximum absolute atomic E-state index is 13.0. The fourth-order valence-corrected chi connectivity index (χ4v) is 4.48. The predicted molar refractivity (Wildman–Crippen MR) is 97.0 cm³/mol. The van der Waals surface area contributed by atoms with Crippen molar-refractivity contribution in [1.29, 1.82) is 0 Å². The Morgan fingerprint density at radius 1 is 1.15 bits per heavy atom. The Hall–Kier alpha value is -2.41. The number of rotatable bonds is 4. The number of amides is 1. The Morgan fingerprint density at radius 3 is 2.50 bits per heavy atom. The normalized spacial score (nSPS) is 19.3. The van der Waals surface area contributed by atoms with E-state index in [1.54, 1.807) is 17.0 Å². The second-order valence-corrected chi connectivity index (χ2v) is 8.62. The minimum atomic E-state index is -3.78. The second kappa shape index (κ2) is 6.09. The molecule has 2 aromatic carbocycles. The van der Waals surface area contributed by atoms with Gasteiger partial charge in [-0.3, -0.25) is 9.52 Å². The van der Waals surface area contributed by atoms with Crippen LogP contribution >= 0.6 is 0 Å². The lowest BCUT2D eigenvalue weighted by Gasteiger charge is -2.22. The summed E-state index contributed by atoms with van der Waals surface area (Å²) in [5.74, 6) is -0.178. The van der Waals surface area contributed by atoms with Crippen molar-refractivity contribution >= 4 is 27.3 Å². The first-order chi connectivity index (χ1) is 12.3. The Kier molecular flexibility index (Phi) is 3.99. The molecule has 1 heterocycles. The number of carbonyl (C=O) groups is 1. The van der Waals surface area contributed by atoms with Crippen LogP contribution in [-0.4, -0.2) is 20.4 Å². The van der Waals surface area contributed by atoms with Crippen LogP contribution in [0.25, 0.3) is 0 Å². The molecule has 0 saturated heterocycles. The third-order valence-electron chi connectivity index (χ3n) is 4.84. The highest BCUT2D eigenvalue weighted by molar-refractivity contribution is 7.92. The van der Waals surface area contributed by atoms with Crippen molar-refractivity contribution in [2.24, 2.45) is 5.92 Å². The average Bonchev–Trinajstić information content (AvgIpc) is 3.38. The Labute approximate surface area is 151 Å². The minimum absolute atomic E-state index is 0.0288. The number of hydrogen-bond donors (Lipinski definition) is 1. The maximum atomic E-state index is 13.0. The van der Waals surface area contributed by atoms with Gasteiger partial charge in [0.2, 0.25) is 5.91 Å². The summed E-state index contributed by atoms with van der Waals surface area (Å²) < 4.78 is 40.7. The van der Waals surface area contributed by atoms with Gasteiger partial charge < -0.3 is 4.90 Å². The van der Waals surface area contributed by atoms with Gasteiger partial charge in [-0.05, 0) is 74.2 Å². The van der Waals surface area contributed by atoms with E-state index in [-0.39, 0.29) is 22.8 Å². The van der Waals surface area contributed by atoms with E-state index in [1.165, 1.54) is 30.3 Å². The van der Waals surface area contributed by atoms with Crippen molar-refractivity contribution in [3.63, 3.8) is 0 Å². The molecule has 0 aromatic heterocycles. The molecule has 7 heteroatoms. The fourth-order valence-electron chi connectivity index (χ4n) is 3.37. The van der Waals surface area contributed by atoms with E-state index in [4.69, 9.17) is 0 Å². The van der Waals surface area contributed by atoms with Gasteiger partial charge in [0.1, 0.15) is 5.82 Å². The molecule has 1 aliphatic heterocycles. The lowest BCUT2D eigenvalue weighted by Crippen LogP contribution is -2.36. The number of hydrogen-bond acceptors (Lipinski definition) is 3. The molecule has 26 heavy (non-hydrogen) atoms. The predicted octanol–water partition coefficient (Wildman–Crippen LogP) is 3.31. The van der Waals surface area contributed by atoms with Gasteiger partial charge in [-0.2, -0.15) is 0 Å². The molecule has 1 fully saturated rings. The van der Waals surface area contributed by atoms with Crippen LogP contribution in [0.1, 0.15) is 25.3 Å². The summed E-state index contributed by atoms with van der Waals surface area (Å²) in [6.07, 6.45) is 2.50. The molecule has 0 spiro atoms. The fraction of sp³-hybridized carbons (Fsp3) is 0.316. The third-order valence-corrected chi connectivity index (χ3v) is 6.22. The van der Waals surface area contributed by atoms with Crippen LogP contribution in [0.4, 0.5) is 15.8 Å². The third kappa shape index (κ3) is 3.07. The largest absolute Gasteiger partial charge is 0.309 e. The van der Waals surface area contributed by atoms with E-state index >= 15 is 0 Å². The Bertz CT molecular complexity index is 969. The van der Waals surface area contributed by atoms with Crippen molar-refractivity contribution in [2.45, 2.75) is 37.1 Å². The molecule has 136 valence electrons. The van der Waals surface area contributed by atoms with E-state index in [1.807, 2.05) is 6.92 Å². The molecule has 1 N–H and O–H groups in total. The second-order valence-electron chi connectivity index (χ2n) is 6.94. The smallest absolute Gasteiger partial charge is 0.261 e. The number of sulfonamides is 1. The van der Waals surface area contributed by atoms with Crippen molar-refractivity contribution in [3.8, 4) is 0 Å². The first-order valence-corrected chi connectivity index (χ1v) is 10.1. The van der Waals surface area contributed by atoms with Crippen LogP contribution in [0.5, 0.6) is 0 Å². The van der Waals surface area contributed by atoms with Crippen LogP contribution in [0.2, 0.25) is 0 Å². The van der Waals surface area contributed by atoms with Gasteiger partial charge in [0.05, 0.1) is 4.90 Å². The lowest BCUT2D eigenvalue weighted by molar-refractivity contribution is -0.120. The summed E-state index contributed by atoms with van der Waals surface area (Å²) in [6, 6.07) is 10.0. The molecular formula is C19H19FN2O3S. The highest BCUT2D eigenvalue weighted by Gasteiger charge is 2.39. The first kappa shape index (κ1) is 17.0. The standard InChI is InChI=1S/C19H19FN2O3S/c1-12-10-14-11-17(8-9-18(14)22(12)19(23)13-2-3-13)26(24,25)21-16-6-4-15(20)5-7-16/h4-9,11-13,21H,2-3,10H2,1H3/t12-/m1/s1. The summed E-state index contributed by atoms with van der Waals surface area (Å²) in [7, 11) is -3.78. The molecule has 1 amide bonds. The van der Waals surface area contributed by atoms with Crippen LogP contribution in [0, 0.1) is 11.7 Å². The molecule has 4 rings (SSSR count). The molecule has 0 unspecified atom stereocenters. The summed E-state index contributed by atoms with van der Waals surface area (Å²) in [6.45, 7) is 1.98. The van der Waals surface area contributed by atoms with Gasteiger partial charge in [0.25, 0.3) is 10.0 Å². The Balaban J connectivity index is 1.62. The molecular weight excluding hydrogens is 355 g/mol.